The molecule has 0 atom stereocenters. The highest BCUT2D eigenvalue weighted by Gasteiger charge is 2.25. The second-order valence-corrected chi connectivity index (χ2v) is 10.8. The predicted octanol–water partition coefficient (Wildman–Crippen LogP) is 3.36. The molecule has 8 nitrogen and oxygen atoms in total. The largest absolute Gasteiger partial charge is 0.484 e. The van der Waals surface area contributed by atoms with Gasteiger partial charge in [-0.3, -0.25) is 14.4 Å². The SMILES string of the molecule is CCNC(=O)COc1cc(C(=O)NCC2CCC(C)CC2)cc(C(=O)NC2CCC(N(C)C)CC2)c1. The highest BCUT2D eigenvalue weighted by molar-refractivity contribution is 6.00. The Morgan fingerprint density at radius 2 is 1.53 bits per heavy atom. The molecular formula is C28H44N4O4. The first-order valence-corrected chi connectivity index (χ1v) is 13.5. The third-order valence-corrected chi connectivity index (χ3v) is 7.62. The van der Waals surface area contributed by atoms with Gasteiger partial charge in [-0.2, -0.15) is 0 Å². The molecule has 0 heterocycles. The molecule has 0 unspecified atom stereocenters. The van der Waals surface area contributed by atoms with E-state index in [9.17, 15) is 14.4 Å². The summed E-state index contributed by atoms with van der Waals surface area (Å²) >= 11 is 0. The summed E-state index contributed by atoms with van der Waals surface area (Å²) in [7, 11) is 4.19. The van der Waals surface area contributed by atoms with Gasteiger partial charge in [-0.15, -0.1) is 0 Å². The number of hydrogen-bond donors (Lipinski definition) is 3. The predicted molar refractivity (Wildman–Crippen MR) is 141 cm³/mol. The van der Waals surface area contributed by atoms with Gasteiger partial charge in [-0.25, -0.2) is 0 Å². The summed E-state index contributed by atoms with van der Waals surface area (Å²) in [4.78, 5) is 40.3. The van der Waals surface area contributed by atoms with E-state index in [4.69, 9.17) is 4.74 Å². The number of nitrogens with one attached hydrogen (secondary N) is 3. The lowest BCUT2D eigenvalue weighted by Crippen LogP contribution is -2.41. The van der Waals surface area contributed by atoms with Crippen LogP contribution in [-0.2, 0) is 4.79 Å². The van der Waals surface area contributed by atoms with E-state index in [1.165, 1.54) is 12.8 Å². The number of amides is 3. The average Bonchev–Trinajstić information content (AvgIpc) is 2.87. The van der Waals surface area contributed by atoms with E-state index >= 15 is 0 Å². The van der Waals surface area contributed by atoms with Crippen molar-refractivity contribution in [3.8, 4) is 5.75 Å². The van der Waals surface area contributed by atoms with Crippen molar-refractivity contribution < 1.29 is 19.1 Å². The van der Waals surface area contributed by atoms with Crippen LogP contribution in [0.1, 0.15) is 85.9 Å². The van der Waals surface area contributed by atoms with Crippen LogP contribution in [0, 0.1) is 11.8 Å². The molecule has 0 spiro atoms. The summed E-state index contributed by atoms with van der Waals surface area (Å²) in [6.45, 7) is 5.08. The molecule has 2 saturated carbocycles. The van der Waals surface area contributed by atoms with Gasteiger partial charge >= 0.3 is 0 Å². The third kappa shape index (κ3) is 8.50. The molecule has 3 amide bonds. The molecule has 2 fully saturated rings. The zero-order chi connectivity index (χ0) is 26.1. The van der Waals surface area contributed by atoms with Gasteiger partial charge in [0, 0.05) is 36.3 Å². The van der Waals surface area contributed by atoms with Gasteiger partial charge in [-0.1, -0.05) is 19.8 Å². The van der Waals surface area contributed by atoms with Crippen molar-refractivity contribution in [2.24, 2.45) is 11.8 Å². The Balaban J connectivity index is 1.67. The Bertz CT molecular complexity index is 888. The molecule has 0 aliphatic heterocycles. The first-order valence-electron chi connectivity index (χ1n) is 13.5. The molecule has 0 radical (unpaired) electrons. The summed E-state index contributed by atoms with van der Waals surface area (Å²) < 4.78 is 5.66. The van der Waals surface area contributed by atoms with Crippen molar-refractivity contribution in [2.45, 2.75) is 77.3 Å². The maximum Gasteiger partial charge on any atom is 0.257 e. The van der Waals surface area contributed by atoms with Crippen LogP contribution in [0.4, 0.5) is 0 Å². The molecule has 2 aliphatic rings. The first kappa shape index (κ1) is 28.0. The average molecular weight is 501 g/mol. The molecule has 1 aromatic rings. The van der Waals surface area contributed by atoms with E-state index in [0.717, 1.165) is 44.4 Å². The molecule has 8 heteroatoms. The second-order valence-electron chi connectivity index (χ2n) is 10.8. The molecule has 2 aliphatic carbocycles. The topological polar surface area (TPSA) is 99.8 Å². The highest BCUT2D eigenvalue weighted by Crippen LogP contribution is 2.28. The summed E-state index contributed by atoms with van der Waals surface area (Å²) in [6.07, 6.45) is 8.59. The van der Waals surface area contributed by atoms with Crippen LogP contribution in [0.25, 0.3) is 0 Å². The number of carbonyl (C=O) groups is 3. The Labute approximate surface area is 215 Å². The fourth-order valence-electron chi connectivity index (χ4n) is 5.22. The zero-order valence-corrected chi connectivity index (χ0v) is 22.4. The molecule has 0 bridgehead atoms. The molecule has 36 heavy (non-hydrogen) atoms. The van der Waals surface area contributed by atoms with Gasteiger partial charge in [-0.05, 0) is 89.6 Å². The normalized spacial score (nSPS) is 24.1. The van der Waals surface area contributed by atoms with E-state index in [2.05, 4.69) is 41.9 Å². The van der Waals surface area contributed by atoms with E-state index in [1.54, 1.807) is 18.2 Å². The van der Waals surface area contributed by atoms with Crippen molar-refractivity contribution in [2.75, 3.05) is 33.8 Å². The van der Waals surface area contributed by atoms with Crippen LogP contribution in [0.5, 0.6) is 5.75 Å². The molecule has 0 saturated heterocycles. The summed E-state index contributed by atoms with van der Waals surface area (Å²) in [5, 5.41) is 8.88. The van der Waals surface area contributed by atoms with Gasteiger partial charge in [0.15, 0.2) is 6.61 Å². The number of likely N-dealkylation sites (N-methyl/N-ethyl adjacent to an activating group) is 1. The Morgan fingerprint density at radius 1 is 0.889 bits per heavy atom. The number of carbonyl (C=O) groups excluding carboxylic acids is 3. The third-order valence-electron chi connectivity index (χ3n) is 7.62. The van der Waals surface area contributed by atoms with Crippen molar-refractivity contribution in [3.05, 3.63) is 29.3 Å². The van der Waals surface area contributed by atoms with Crippen molar-refractivity contribution in [1.82, 2.24) is 20.9 Å². The molecule has 1 aromatic carbocycles. The van der Waals surface area contributed by atoms with Gasteiger partial charge in [0.25, 0.3) is 17.7 Å². The van der Waals surface area contributed by atoms with E-state index in [0.29, 0.717) is 41.9 Å². The molecule has 3 rings (SSSR count). The quantitative estimate of drug-likeness (QED) is 0.458. The van der Waals surface area contributed by atoms with Crippen LogP contribution in [0.2, 0.25) is 0 Å². The first-order chi connectivity index (χ1) is 17.2. The van der Waals surface area contributed by atoms with Gasteiger partial charge in [0.1, 0.15) is 5.75 Å². The fourth-order valence-corrected chi connectivity index (χ4v) is 5.22. The van der Waals surface area contributed by atoms with Crippen molar-refractivity contribution >= 4 is 17.7 Å². The summed E-state index contributed by atoms with van der Waals surface area (Å²) in [6, 6.07) is 5.50. The summed E-state index contributed by atoms with van der Waals surface area (Å²) in [5.41, 5.74) is 0.740. The van der Waals surface area contributed by atoms with Gasteiger partial charge in [0.2, 0.25) is 0 Å². The van der Waals surface area contributed by atoms with Gasteiger partial charge in [0.05, 0.1) is 0 Å². The van der Waals surface area contributed by atoms with Gasteiger partial charge < -0.3 is 25.6 Å². The number of benzene rings is 1. The van der Waals surface area contributed by atoms with Crippen LogP contribution in [0.3, 0.4) is 0 Å². The number of ether oxygens (including phenoxy) is 1. The number of nitrogens with zero attached hydrogens (tertiary/aromatic N) is 1. The minimum atomic E-state index is -0.248. The standard InChI is InChI=1S/C28H44N4O4/c1-5-29-26(33)18-36-25-15-21(27(34)30-17-20-8-6-19(2)7-9-20)14-22(16-25)28(35)31-23-10-12-24(13-11-23)32(3)4/h14-16,19-20,23-24H,5-13,17-18H2,1-4H3,(H,29,33)(H,30,34)(H,31,35). The molecule has 3 N–H and O–H groups in total. The second kappa shape index (κ2) is 13.6. The lowest BCUT2D eigenvalue weighted by molar-refractivity contribution is -0.122. The van der Waals surface area contributed by atoms with Crippen LogP contribution in [-0.4, -0.2) is 68.5 Å². The highest BCUT2D eigenvalue weighted by atomic mass is 16.5. The van der Waals surface area contributed by atoms with E-state index in [1.807, 2.05) is 6.92 Å². The minimum absolute atomic E-state index is 0.111. The van der Waals surface area contributed by atoms with Crippen LogP contribution < -0.4 is 20.7 Å². The Kier molecular flexibility index (Phi) is 10.6. The van der Waals surface area contributed by atoms with Crippen LogP contribution >= 0.6 is 0 Å². The molecule has 200 valence electrons. The van der Waals surface area contributed by atoms with E-state index in [-0.39, 0.29) is 30.4 Å². The molecular weight excluding hydrogens is 456 g/mol. The Hall–Kier alpha value is -2.61. The van der Waals surface area contributed by atoms with Crippen molar-refractivity contribution in [3.63, 3.8) is 0 Å². The Morgan fingerprint density at radius 3 is 2.14 bits per heavy atom. The van der Waals surface area contributed by atoms with Crippen LogP contribution in [0.15, 0.2) is 18.2 Å². The number of hydrogen-bond acceptors (Lipinski definition) is 5. The monoisotopic (exact) mass is 500 g/mol. The maximum absolute atomic E-state index is 13.1. The number of rotatable bonds is 10. The minimum Gasteiger partial charge on any atom is -0.484 e. The zero-order valence-electron chi connectivity index (χ0n) is 22.4. The lowest BCUT2D eigenvalue weighted by atomic mass is 9.83. The fraction of sp³-hybridized carbons (Fsp3) is 0.679. The smallest absolute Gasteiger partial charge is 0.257 e. The van der Waals surface area contributed by atoms with Crippen molar-refractivity contribution in [1.29, 1.82) is 0 Å². The summed E-state index contributed by atoms with van der Waals surface area (Å²) in [5.74, 6) is 0.890. The molecule has 0 aromatic heterocycles. The maximum atomic E-state index is 13.1. The lowest BCUT2D eigenvalue weighted by Gasteiger charge is -2.33. The van der Waals surface area contributed by atoms with E-state index < -0.39 is 0 Å².